The van der Waals surface area contributed by atoms with Gasteiger partial charge in [-0.2, -0.15) is 5.10 Å². The number of carbonyl (C=O) groups is 1. The predicted molar refractivity (Wildman–Crippen MR) is 117 cm³/mol. The predicted octanol–water partition coefficient (Wildman–Crippen LogP) is 5.66. The van der Waals surface area contributed by atoms with Crippen LogP contribution in [0.2, 0.25) is 10.0 Å². The Bertz CT molecular complexity index is 1010. The van der Waals surface area contributed by atoms with E-state index in [4.69, 9.17) is 23.2 Å². The van der Waals surface area contributed by atoms with Gasteiger partial charge in [0.25, 0.3) is 5.91 Å². The fraction of sp³-hybridized carbons (Fsp3) is 0.273. The van der Waals surface area contributed by atoms with Gasteiger partial charge in [-0.15, -0.1) is 0 Å². The highest BCUT2D eigenvalue weighted by Gasteiger charge is 2.18. The summed E-state index contributed by atoms with van der Waals surface area (Å²) in [6.45, 7) is 6.99. The molecule has 0 unspecified atom stereocenters. The molecule has 0 saturated heterocycles. The second-order valence-electron chi connectivity index (χ2n) is 8.06. The summed E-state index contributed by atoms with van der Waals surface area (Å²) in [6, 6.07) is 13.0. The molecular formula is C22H23Cl2N3O2. The van der Waals surface area contributed by atoms with Gasteiger partial charge in [-0.25, -0.2) is 0 Å². The molecule has 0 aliphatic rings. The average Bonchev–Trinajstić information content (AvgIpc) is 3.15. The fourth-order valence-electron chi connectivity index (χ4n) is 2.95. The molecule has 0 aliphatic heterocycles. The Morgan fingerprint density at radius 1 is 1.10 bits per heavy atom. The molecule has 0 bridgehead atoms. The maximum atomic E-state index is 12.8. The number of rotatable bonds is 4. The lowest BCUT2D eigenvalue weighted by Crippen LogP contribution is -2.26. The molecule has 0 fully saturated rings. The van der Waals surface area contributed by atoms with E-state index in [2.05, 4.69) is 43.1 Å². The summed E-state index contributed by atoms with van der Waals surface area (Å²) in [5.41, 5.74) is 3.86. The molecule has 0 saturated carbocycles. The van der Waals surface area contributed by atoms with Crippen molar-refractivity contribution >= 4 is 29.1 Å². The number of hydrogen-bond donors (Lipinski definition) is 2. The monoisotopic (exact) mass is 431 g/mol. The third-order valence-corrected chi connectivity index (χ3v) is 5.28. The van der Waals surface area contributed by atoms with Crippen LogP contribution >= 0.6 is 23.2 Å². The number of phenols is 1. The van der Waals surface area contributed by atoms with Crippen LogP contribution in [0.1, 0.15) is 42.4 Å². The first kappa shape index (κ1) is 21.2. The van der Waals surface area contributed by atoms with Crippen LogP contribution in [0.15, 0.2) is 42.5 Å². The Morgan fingerprint density at radius 2 is 1.69 bits per heavy atom. The maximum absolute atomic E-state index is 12.8. The number of H-pyrrole nitrogens is 1. The Balaban J connectivity index is 1.74. The minimum Gasteiger partial charge on any atom is -0.505 e. The van der Waals surface area contributed by atoms with E-state index in [0.29, 0.717) is 23.5 Å². The van der Waals surface area contributed by atoms with E-state index in [-0.39, 0.29) is 27.1 Å². The van der Waals surface area contributed by atoms with Gasteiger partial charge in [0, 0.05) is 19.2 Å². The van der Waals surface area contributed by atoms with Gasteiger partial charge in [0.05, 0.1) is 15.7 Å². The number of halogens is 2. The molecule has 2 aromatic carbocycles. The lowest BCUT2D eigenvalue weighted by Gasteiger charge is -2.20. The second kappa shape index (κ2) is 8.09. The van der Waals surface area contributed by atoms with Crippen molar-refractivity contribution in [3.63, 3.8) is 0 Å². The number of aromatic nitrogens is 2. The maximum Gasteiger partial charge on any atom is 0.271 e. The quantitative estimate of drug-likeness (QED) is 0.559. The first-order valence-electron chi connectivity index (χ1n) is 9.15. The standard InChI is InChI=1S/C22H23Cl2N3O2/c1-22(2,3)15-7-5-13(6-8-15)12-27(4)21(29)19-11-18(25-26-19)14-9-16(23)20(28)17(24)10-14/h5-11,28H,12H2,1-4H3,(H,25,26). The third kappa shape index (κ3) is 4.74. The zero-order valence-electron chi connectivity index (χ0n) is 16.8. The molecule has 152 valence electrons. The number of phenolic OH excluding ortho intramolecular Hbond substituents is 1. The van der Waals surface area contributed by atoms with Crippen LogP contribution in [-0.2, 0) is 12.0 Å². The molecule has 5 nitrogen and oxygen atoms in total. The topological polar surface area (TPSA) is 69.2 Å². The number of hydrogen-bond acceptors (Lipinski definition) is 3. The van der Waals surface area contributed by atoms with Crippen molar-refractivity contribution in [1.82, 2.24) is 15.1 Å². The van der Waals surface area contributed by atoms with Crippen molar-refractivity contribution in [3.8, 4) is 17.0 Å². The number of aromatic hydroxyl groups is 1. The summed E-state index contributed by atoms with van der Waals surface area (Å²) in [5, 5.41) is 16.9. The fourth-order valence-corrected chi connectivity index (χ4v) is 3.44. The molecule has 1 heterocycles. The number of amides is 1. The van der Waals surface area contributed by atoms with E-state index in [1.807, 2.05) is 12.1 Å². The Morgan fingerprint density at radius 3 is 2.24 bits per heavy atom. The molecule has 0 spiro atoms. The molecular weight excluding hydrogens is 409 g/mol. The number of benzene rings is 2. The molecule has 29 heavy (non-hydrogen) atoms. The van der Waals surface area contributed by atoms with Crippen LogP contribution in [0, 0.1) is 0 Å². The largest absolute Gasteiger partial charge is 0.505 e. The summed E-state index contributed by atoms with van der Waals surface area (Å²) >= 11 is 11.9. The zero-order chi connectivity index (χ0) is 21.3. The van der Waals surface area contributed by atoms with Crippen molar-refractivity contribution < 1.29 is 9.90 Å². The van der Waals surface area contributed by atoms with Crippen LogP contribution in [0.25, 0.3) is 11.3 Å². The number of nitrogens with zero attached hydrogens (tertiary/aromatic N) is 2. The number of nitrogens with one attached hydrogen (secondary N) is 1. The lowest BCUT2D eigenvalue weighted by atomic mass is 9.87. The van der Waals surface area contributed by atoms with Crippen molar-refractivity contribution in [2.75, 3.05) is 7.05 Å². The van der Waals surface area contributed by atoms with Gasteiger partial charge in [-0.1, -0.05) is 68.2 Å². The van der Waals surface area contributed by atoms with Gasteiger partial charge in [0.2, 0.25) is 0 Å². The van der Waals surface area contributed by atoms with E-state index in [1.165, 1.54) is 5.56 Å². The third-order valence-electron chi connectivity index (χ3n) is 4.71. The van der Waals surface area contributed by atoms with Crippen molar-refractivity contribution in [2.24, 2.45) is 0 Å². The first-order chi connectivity index (χ1) is 13.6. The second-order valence-corrected chi connectivity index (χ2v) is 8.88. The van der Waals surface area contributed by atoms with E-state index >= 15 is 0 Å². The SMILES string of the molecule is CN(Cc1ccc(C(C)(C)C)cc1)C(=O)c1cc(-c2cc(Cl)c(O)c(Cl)c2)n[nH]1. The van der Waals surface area contributed by atoms with Gasteiger partial charge in [-0.05, 0) is 34.7 Å². The summed E-state index contributed by atoms with van der Waals surface area (Å²) in [4.78, 5) is 14.4. The van der Waals surface area contributed by atoms with Crippen LogP contribution in [0.5, 0.6) is 5.75 Å². The van der Waals surface area contributed by atoms with Crippen LogP contribution < -0.4 is 0 Å². The van der Waals surface area contributed by atoms with Crippen LogP contribution in [-0.4, -0.2) is 33.2 Å². The highest BCUT2D eigenvalue weighted by Crippen LogP contribution is 2.36. The summed E-state index contributed by atoms with van der Waals surface area (Å²) in [5.74, 6) is -0.360. The lowest BCUT2D eigenvalue weighted by molar-refractivity contribution is 0.0779. The van der Waals surface area contributed by atoms with Gasteiger partial charge >= 0.3 is 0 Å². The van der Waals surface area contributed by atoms with E-state index in [9.17, 15) is 9.90 Å². The molecule has 2 N–H and O–H groups in total. The zero-order valence-corrected chi connectivity index (χ0v) is 18.3. The highest BCUT2D eigenvalue weighted by atomic mass is 35.5. The minimum atomic E-state index is -0.181. The normalized spacial score (nSPS) is 11.5. The molecule has 3 aromatic rings. The number of aromatic amines is 1. The molecule has 0 atom stereocenters. The van der Waals surface area contributed by atoms with Gasteiger partial charge in [0.15, 0.2) is 5.75 Å². The molecule has 1 aromatic heterocycles. The molecule has 0 radical (unpaired) electrons. The minimum absolute atomic E-state index is 0.0899. The smallest absolute Gasteiger partial charge is 0.271 e. The van der Waals surface area contributed by atoms with E-state index in [0.717, 1.165) is 5.56 Å². The Hall–Kier alpha value is -2.50. The van der Waals surface area contributed by atoms with Gasteiger partial charge < -0.3 is 10.0 Å². The first-order valence-corrected chi connectivity index (χ1v) is 9.90. The van der Waals surface area contributed by atoms with Crippen LogP contribution in [0.4, 0.5) is 0 Å². The molecule has 1 amide bonds. The molecule has 3 rings (SSSR count). The van der Waals surface area contributed by atoms with Crippen molar-refractivity contribution in [1.29, 1.82) is 0 Å². The van der Waals surface area contributed by atoms with Crippen molar-refractivity contribution in [3.05, 3.63) is 69.3 Å². The van der Waals surface area contributed by atoms with E-state index in [1.54, 1.807) is 30.1 Å². The summed E-state index contributed by atoms with van der Waals surface area (Å²) in [6.07, 6.45) is 0. The molecule has 7 heteroatoms. The van der Waals surface area contributed by atoms with Crippen molar-refractivity contribution in [2.45, 2.75) is 32.7 Å². The summed E-state index contributed by atoms with van der Waals surface area (Å²) < 4.78 is 0. The molecule has 0 aliphatic carbocycles. The van der Waals surface area contributed by atoms with Gasteiger partial charge in [0.1, 0.15) is 5.69 Å². The van der Waals surface area contributed by atoms with Crippen LogP contribution in [0.3, 0.4) is 0 Å². The Labute approximate surface area is 180 Å². The highest BCUT2D eigenvalue weighted by molar-refractivity contribution is 6.37. The van der Waals surface area contributed by atoms with E-state index < -0.39 is 0 Å². The number of carbonyl (C=O) groups excluding carboxylic acids is 1. The van der Waals surface area contributed by atoms with Gasteiger partial charge in [-0.3, -0.25) is 9.89 Å². The Kier molecular flexibility index (Phi) is 5.92. The average molecular weight is 432 g/mol. The summed E-state index contributed by atoms with van der Waals surface area (Å²) in [7, 11) is 1.74.